The summed E-state index contributed by atoms with van der Waals surface area (Å²) in [5.74, 6) is 0. The second kappa shape index (κ2) is 5.76. The zero-order valence-corrected chi connectivity index (χ0v) is 14.9. The summed E-state index contributed by atoms with van der Waals surface area (Å²) >= 11 is 0. The lowest BCUT2D eigenvalue weighted by atomic mass is 10.1. The van der Waals surface area contributed by atoms with Crippen molar-refractivity contribution in [3.05, 3.63) is 58.1 Å². The highest BCUT2D eigenvalue weighted by Gasteiger charge is 2.25. The number of sulfonamides is 1. The van der Waals surface area contributed by atoms with Crippen LogP contribution in [0, 0.1) is 34.6 Å². The van der Waals surface area contributed by atoms with Gasteiger partial charge in [0.15, 0.2) is 0 Å². The summed E-state index contributed by atoms with van der Waals surface area (Å²) in [4.78, 5) is 0.402. The molecule has 0 heterocycles. The van der Waals surface area contributed by atoms with Crippen LogP contribution < -0.4 is 4.31 Å². The van der Waals surface area contributed by atoms with Crippen LogP contribution in [0.1, 0.15) is 27.8 Å². The topological polar surface area (TPSA) is 37.4 Å². The molecule has 4 heteroatoms. The van der Waals surface area contributed by atoms with Gasteiger partial charge in [0.05, 0.1) is 10.6 Å². The maximum absolute atomic E-state index is 13.0. The summed E-state index contributed by atoms with van der Waals surface area (Å²) in [7, 11) is -1.96. The van der Waals surface area contributed by atoms with E-state index < -0.39 is 10.0 Å². The molecule has 0 saturated heterocycles. The minimum atomic E-state index is -3.57. The van der Waals surface area contributed by atoms with Crippen LogP contribution in [0.4, 0.5) is 5.69 Å². The first-order valence-corrected chi connectivity index (χ1v) is 8.72. The molecular weight excluding hydrogens is 294 g/mol. The third kappa shape index (κ3) is 2.88. The highest BCUT2D eigenvalue weighted by molar-refractivity contribution is 7.92. The SMILES string of the molecule is Cc1cc(C)c(S(=O)(=O)N(C)c2ccc(C)c(C)c2)c(C)c1. The van der Waals surface area contributed by atoms with Crippen molar-refractivity contribution in [3.63, 3.8) is 0 Å². The molecule has 0 atom stereocenters. The Bertz CT molecular complexity index is 800. The van der Waals surface area contributed by atoms with Crippen LogP contribution in [0.3, 0.4) is 0 Å². The molecule has 3 nitrogen and oxygen atoms in total. The van der Waals surface area contributed by atoms with Crippen molar-refractivity contribution in [1.29, 1.82) is 0 Å². The van der Waals surface area contributed by atoms with E-state index >= 15 is 0 Å². The second-order valence-electron chi connectivity index (χ2n) is 5.97. The summed E-state index contributed by atoms with van der Waals surface area (Å²) in [6.45, 7) is 9.68. The molecule has 0 radical (unpaired) electrons. The van der Waals surface area contributed by atoms with Crippen LogP contribution in [0.5, 0.6) is 0 Å². The fourth-order valence-electron chi connectivity index (χ4n) is 2.77. The van der Waals surface area contributed by atoms with Crippen molar-refractivity contribution in [2.75, 3.05) is 11.4 Å². The Kier molecular flexibility index (Phi) is 4.34. The van der Waals surface area contributed by atoms with Crippen molar-refractivity contribution >= 4 is 15.7 Å². The molecule has 22 heavy (non-hydrogen) atoms. The number of benzene rings is 2. The third-order valence-corrected chi connectivity index (χ3v) is 6.17. The lowest BCUT2D eigenvalue weighted by molar-refractivity contribution is 0.593. The molecule has 0 N–H and O–H groups in total. The Morgan fingerprint density at radius 2 is 1.32 bits per heavy atom. The van der Waals surface area contributed by atoms with Gasteiger partial charge in [-0.2, -0.15) is 0 Å². The number of hydrogen-bond donors (Lipinski definition) is 0. The van der Waals surface area contributed by atoms with E-state index in [1.807, 2.05) is 65.0 Å². The standard InChI is InChI=1S/C18H23NO2S/c1-12-9-15(4)18(16(5)10-12)22(20,21)19(6)17-8-7-13(2)14(3)11-17/h7-11H,1-6H3. The molecule has 0 aromatic heterocycles. The normalized spacial score (nSPS) is 11.5. The summed E-state index contributed by atoms with van der Waals surface area (Å²) < 4.78 is 27.4. The first kappa shape index (κ1) is 16.6. The fraction of sp³-hybridized carbons (Fsp3) is 0.333. The minimum absolute atomic E-state index is 0.402. The van der Waals surface area contributed by atoms with E-state index in [9.17, 15) is 8.42 Å². The van der Waals surface area contributed by atoms with Gasteiger partial charge >= 0.3 is 0 Å². The fourth-order valence-corrected chi connectivity index (χ4v) is 4.37. The van der Waals surface area contributed by atoms with Crippen LogP contribution in [0.15, 0.2) is 35.2 Å². The second-order valence-corrected chi connectivity index (χ2v) is 7.88. The highest BCUT2D eigenvalue weighted by atomic mass is 32.2. The largest absolute Gasteiger partial charge is 0.269 e. The molecule has 0 aliphatic rings. The van der Waals surface area contributed by atoms with Crippen molar-refractivity contribution in [2.45, 2.75) is 39.5 Å². The van der Waals surface area contributed by atoms with E-state index in [-0.39, 0.29) is 0 Å². The Hall–Kier alpha value is -1.81. The van der Waals surface area contributed by atoms with Gasteiger partial charge in [-0.1, -0.05) is 23.8 Å². The average Bonchev–Trinajstić information content (AvgIpc) is 2.39. The minimum Gasteiger partial charge on any atom is -0.269 e. The summed E-state index contributed by atoms with van der Waals surface area (Å²) in [5.41, 5.74) is 5.56. The molecule has 0 bridgehead atoms. The van der Waals surface area contributed by atoms with E-state index in [0.717, 1.165) is 27.8 Å². The van der Waals surface area contributed by atoms with Gasteiger partial charge in [-0.15, -0.1) is 0 Å². The Balaban J connectivity index is 2.57. The maximum Gasteiger partial charge on any atom is 0.264 e. The van der Waals surface area contributed by atoms with Crippen LogP contribution in [-0.4, -0.2) is 15.5 Å². The smallest absolute Gasteiger partial charge is 0.264 e. The third-order valence-electron chi connectivity index (χ3n) is 4.08. The van der Waals surface area contributed by atoms with E-state index in [0.29, 0.717) is 10.6 Å². The van der Waals surface area contributed by atoms with Crippen LogP contribution in [0.2, 0.25) is 0 Å². The molecule has 0 spiro atoms. The molecular formula is C18H23NO2S. The molecule has 2 rings (SSSR count). The predicted octanol–water partition coefficient (Wildman–Crippen LogP) is 4.05. The molecule has 118 valence electrons. The van der Waals surface area contributed by atoms with E-state index in [1.165, 1.54) is 4.31 Å². The first-order valence-electron chi connectivity index (χ1n) is 7.28. The molecule has 0 aliphatic carbocycles. The quantitative estimate of drug-likeness (QED) is 0.856. The van der Waals surface area contributed by atoms with Gasteiger partial charge in [-0.25, -0.2) is 8.42 Å². The molecule has 0 unspecified atom stereocenters. The van der Waals surface area contributed by atoms with E-state index in [4.69, 9.17) is 0 Å². The van der Waals surface area contributed by atoms with E-state index in [1.54, 1.807) is 7.05 Å². The molecule has 2 aromatic rings. The van der Waals surface area contributed by atoms with E-state index in [2.05, 4.69) is 0 Å². The van der Waals surface area contributed by atoms with Crippen molar-refractivity contribution in [2.24, 2.45) is 0 Å². The lowest BCUT2D eigenvalue weighted by Gasteiger charge is -2.23. The van der Waals surface area contributed by atoms with Gasteiger partial charge in [0, 0.05) is 7.05 Å². The maximum atomic E-state index is 13.0. The summed E-state index contributed by atoms with van der Waals surface area (Å²) in [6, 6.07) is 9.53. The van der Waals surface area contributed by atoms with Crippen molar-refractivity contribution in [1.82, 2.24) is 0 Å². The zero-order valence-electron chi connectivity index (χ0n) is 14.1. The Labute approximate surface area is 133 Å². The van der Waals surface area contributed by atoms with Crippen LogP contribution in [0.25, 0.3) is 0 Å². The van der Waals surface area contributed by atoms with Crippen LogP contribution >= 0.6 is 0 Å². The zero-order chi connectivity index (χ0) is 16.7. The number of anilines is 1. The molecule has 0 amide bonds. The monoisotopic (exact) mass is 317 g/mol. The molecule has 0 fully saturated rings. The van der Waals surface area contributed by atoms with Gasteiger partial charge in [0.25, 0.3) is 10.0 Å². The summed E-state index contributed by atoms with van der Waals surface area (Å²) in [5, 5.41) is 0. The Morgan fingerprint density at radius 3 is 1.82 bits per heavy atom. The highest BCUT2D eigenvalue weighted by Crippen LogP contribution is 2.28. The number of aryl methyl sites for hydroxylation is 5. The van der Waals surface area contributed by atoms with Crippen LogP contribution in [-0.2, 0) is 10.0 Å². The lowest BCUT2D eigenvalue weighted by Crippen LogP contribution is -2.28. The molecule has 0 saturated carbocycles. The number of nitrogens with zero attached hydrogens (tertiary/aromatic N) is 1. The average molecular weight is 317 g/mol. The van der Waals surface area contributed by atoms with Gasteiger partial charge in [0.2, 0.25) is 0 Å². The van der Waals surface area contributed by atoms with Gasteiger partial charge in [-0.05, 0) is 69.0 Å². The molecule has 2 aromatic carbocycles. The van der Waals surface area contributed by atoms with Gasteiger partial charge in [-0.3, -0.25) is 4.31 Å². The van der Waals surface area contributed by atoms with Crippen molar-refractivity contribution < 1.29 is 8.42 Å². The van der Waals surface area contributed by atoms with Gasteiger partial charge in [0.1, 0.15) is 0 Å². The summed E-state index contributed by atoms with van der Waals surface area (Å²) in [6.07, 6.45) is 0. The predicted molar refractivity (Wildman–Crippen MR) is 92.2 cm³/mol. The number of hydrogen-bond acceptors (Lipinski definition) is 2. The first-order chi connectivity index (χ1) is 10.1. The number of rotatable bonds is 3. The Morgan fingerprint density at radius 1 is 0.773 bits per heavy atom. The van der Waals surface area contributed by atoms with Gasteiger partial charge < -0.3 is 0 Å². The van der Waals surface area contributed by atoms with Crippen molar-refractivity contribution in [3.8, 4) is 0 Å². The molecule has 0 aliphatic heterocycles.